The highest BCUT2D eigenvalue weighted by atomic mass is 19.4. The Hall–Kier alpha value is -2.81. The molecular weight excluding hydrogens is 385 g/mol. The SMILES string of the molecule is Cn1c(-c2ccc(C(F)(F)F)cc2O)nc2nc(NC3CCCC(O)C3)ccc21. The molecule has 2 aromatic heterocycles. The number of aromatic hydroxyl groups is 1. The monoisotopic (exact) mass is 406 g/mol. The summed E-state index contributed by atoms with van der Waals surface area (Å²) in [5.41, 5.74) is 0.386. The number of rotatable bonds is 3. The largest absolute Gasteiger partial charge is 0.507 e. The van der Waals surface area contributed by atoms with Crippen molar-refractivity contribution in [2.45, 2.75) is 44.0 Å². The van der Waals surface area contributed by atoms with Crippen LogP contribution in [0.1, 0.15) is 31.2 Å². The van der Waals surface area contributed by atoms with Crippen molar-refractivity contribution in [3.05, 3.63) is 35.9 Å². The van der Waals surface area contributed by atoms with Gasteiger partial charge in [0.15, 0.2) is 5.65 Å². The number of phenols is 1. The topological polar surface area (TPSA) is 83.2 Å². The van der Waals surface area contributed by atoms with E-state index in [4.69, 9.17) is 0 Å². The third-order valence-corrected chi connectivity index (χ3v) is 5.31. The number of aliphatic hydroxyl groups is 1. The molecule has 1 saturated carbocycles. The van der Waals surface area contributed by atoms with E-state index in [1.54, 1.807) is 17.7 Å². The average molecular weight is 406 g/mol. The highest BCUT2D eigenvalue weighted by Gasteiger charge is 2.31. The zero-order valence-corrected chi connectivity index (χ0v) is 15.7. The van der Waals surface area contributed by atoms with Crippen LogP contribution in [-0.4, -0.2) is 36.9 Å². The Kier molecular flexibility index (Phi) is 4.85. The fourth-order valence-corrected chi connectivity index (χ4v) is 3.80. The van der Waals surface area contributed by atoms with Crippen LogP contribution in [0.15, 0.2) is 30.3 Å². The van der Waals surface area contributed by atoms with Crippen LogP contribution in [0.5, 0.6) is 5.75 Å². The predicted molar refractivity (Wildman–Crippen MR) is 102 cm³/mol. The number of aromatic nitrogens is 3. The number of nitrogens with zero attached hydrogens (tertiary/aromatic N) is 3. The van der Waals surface area contributed by atoms with Gasteiger partial charge in [0, 0.05) is 13.1 Å². The van der Waals surface area contributed by atoms with Crippen molar-refractivity contribution < 1.29 is 23.4 Å². The highest BCUT2D eigenvalue weighted by Crippen LogP contribution is 2.37. The third-order valence-electron chi connectivity index (χ3n) is 5.31. The van der Waals surface area contributed by atoms with E-state index in [9.17, 15) is 23.4 Å². The number of nitrogens with one attached hydrogen (secondary N) is 1. The van der Waals surface area contributed by atoms with Crippen molar-refractivity contribution in [3.8, 4) is 17.1 Å². The van der Waals surface area contributed by atoms with E-state index in [1.165, 1.54) is 6.07 Å². The lowest BCUT2D eigenvalue weighted by atomic mass is 9.93. The van der Waals surface area contributed by atoms with Crippen molar-refractivity contribution in [2.75, 3.05) is 5.32 Å². The number of alkyl halides is 3. The molecular formula is C20H21F3N4O2. The van der Waals surface area contributed by atoms with Gasteiger partial charge in [-0.05, 0) is 56.0 Å². The molecule has 1 aliphatic carbocycles. The summed E-state index contributed by atoms with van der Waals surface area (Å²) in [5, 5.41) is 23.3. The molecule has 2 atom stereocenters. The lowest BCUT2D eigenvalue weighted by molar-refractivity contribution is -0.137. The molecule has 0 saturated heterocycles. The van der Waals surface area contributed by atoms with E-state index in [-0.39, 0.29) is 17.7 Å². The summed E-state index contributed by atoms with van der Waals surface area (Å²) in [6.45, 7) is 0. The summed E-state index contributed by atoms with van der Waals surface area (Å²) in [6, 6.07) is 6.59. The molecule has 2 unspecified atom stereocenters. The van der Waals surface area contributed by atoms with Crippen LogP contribution in [0.4, 0.5) is 19.0 Å². The van der Waals surface area contributed by atoms with Crippen LogP contribution in [0.3, 0.4) is 0 Å². The molecule has 3 aromatic rings. The molecule has 1 aromatic carbocycles. The Morgan fingerprint density at radius 3 is 2.62 bits per heavy atom. The molecule has 1 aliphatic rings. The van der Waals surface area contributed by atoms with Crippen LogP contribution in [0, 0.1) is 0 Å². The quantitative estimate of drug-likeness (QED) is 0.611. The minimum absolute atomic E-state index is 0.130. The number of hydrogen-bond acceptors (Lipinski definition) is 5. The zero-order chi connectivity index (χ0) is 20.8. The van der Waals surface area contributed by atoms with Gasteiger partial charge in [-0.15, -0.1) is 0 Å². The Labute approximate surface area is 165 Å². The fraction of sp³-hybridized carbons (Fsp3) is 0.400. The van der Waals surface area contributed by atoms with Crippen molar-refractivity contribution in [1.82, 2.24) is 14.5 Å². The van der Waals surface area contributed by atoms with Gasteiger partial charge in [-0.1, -0.05) is 0 Å². The van der Waals surface area contributed by atoms with Gasteiger partial charge in [-0.3, -0.25) is 0 Å². The Morgan fingerprint density at radius 2 is 1.93 bits per heavy atom. The smallest absolute Gasteiger partial charge is 0.416 e. The summed E-state index contributed by atoms with van der Waals surface area (Å²) in [5.74, 6) is 0.453. The average Bonchev–Trinajstić information content (AvgIpc) is 2.97. The number of halogens is 3. The van der Waals surface area contributed by atoms with E-state index in [0.717, 1.165) is 25.3 Å². The van der Waals surface area contributed by atoms with Crippen LogP contribution in [0.25, 0.3) is 22.6 Å². The van der Waals surface area contributed by atoms with Crippen LogP contribution in [0.2, 0.25) is 0 Å². The number of pyridine rings is 1. The maximum Gasteiger partial charge on any atom is 0.416 e. The number of hydrogen-bond donors (Lipinski definition) is 3. The molecule has 4 rings (SSSR count). The summed E-state index contributed by atoms with van der Waals surface area (Å²) >= 11 is 0. The number of aliphatic hydroxyl groups excluding tert-OH is 1. The van der Waals surface area contributed by atoms with Gasteiger partial charge in [-0.2, -0.15) is 13.2 Å². The molecule has 9 heteroatoms. The minimum atomic E-state index is -4.53. The fourth-order valence-electron chi connectivity index (χ4n) is 3.80. The van der Waals surface area contributed by atoms with Crippen LogP contribution < -0.4 is 5.32 Å². The summed E-state index contributed by atoms with van der Waals surface area (Å²) in [6.07, 6.45) is -1.48. The number of imidazole rings is 1. The van der Waals surface area contributed by atoms with Crippen LogP contribution >= 0.6 is 0 Å². The van der Waals surface area contributed by atoms with Gasteiger partial charge >= 0.3 is 6.18 Å². The molecule has 1 fully saturated rings. The predicted octanol–water partition coefficient (Wildman–Crippen LogP) is 4.08. The van der Waals surface area contributed by atoms with Crippen molar-refractivity contribution in [3.63, 3.8) is 0 Å². The van der Waals surface area contributed by atoms with Crippen molar-refractivity contribution >= 4 is 17.0 Å². The lowest BCUT2D eigenvalue weighted by Crippen LogP contribution is -2.30. The number of anilines is 1. The van der Waals surface area contributed by atoms with Gasteiger partial charge in [0.2, 0.25) is 0 Å². The first-order valence-corrected chi connectivity index (χ1v) is 9.41. The van der Waals surface area contributed by atoms with Crippen LogP contribution in [-0.2, 0) is 13.2 Å². The molecule has 6 nitrogen and oxygen atoms in total. The molecule has 0 bridgehead atoms. The zero-order valence-electron chi connectivity index (χ0n) is 15.7. The third kappa shape index (κ3) is 3.87. The van der Waals surface area contributed by atoms with Gasteiger partial charge in [0.25, 0.3) is 0 Å². The molecule has 29 heavy (non-hydrogen) atoms. The highest BCUT2D eigenvalue weighted by molar-refractivity contribution is 5.80. The van der Waals surface area contributed by atoms with E-state index in [2.05, 4.69) is 15.3 Å². The van der Waals surface area contributed by atoms with Crippen molar-refractivity contribution in [1.29, 1.82) is 0 Å². The minimum Gasteiger partial charge on any atom is -0.507 e. The lowest BCUT2D eigenvalue weighted by Gasteiger charge is -2.26. The van der Waals surface area contributed by atoms with Gasteiger partial charge < -0.3 is 20.1 Å². The van der Waals surface area contributed by atoms with E-state index in [0.29, 0.717) is 35.3 Å². The molecule has 154 valence electrons. The Bertz CT molecular complexity index is 1050. The molecule has 0 aliphatic heterocycles. The molecule has 2 heterocycles. The summed E-state index contributed by atoms with van der Waals surface area (Å²) in [7, 11) is 1.72. The summed E-state index contributed by atoms with van der Waals surface area (Å²) < 4.78 is 40.2. The molecule has 0 amide bonds. The number of fused-ring (bicyclic) bond motifs is 1. The van der Waals surface area contributed by atoms with E-state index >= 15 is 0 Å². The normalized spacial score (nSPS) is 20.2. The summed E-state index contributed by atoms with van der Waals surface area (Å²) in [4.78, 5) is 8.93. The van der Waals surface area contributed by atoms with Crippen molar-refractivity contribution in [2.24, 2.45) is 7.05 Å². The molecule has 0 radical (unpaired) electrons. The van der Waals surface area contributed by atoms with E-state index < -0.39 is 17.5 Å². The maximum atomic E-state index is 12.8. The van der Waals surface area contributed by atoms with Gasteiger partial charge in [0.1, 0.15) is 17.4 Å². The number of benzene rings is 1. The maximum absolute atomic E-state index is 12.8. The molecule has 0 spiro atoms. The standard InChI is InChI=1S/C20H21F3N4O2/c1-27-15-7-8-17(24-12-3-2-4-13(28)10-12)25-18(15)26-19(27)14-6-5-11(9-16(14)29)20(21,22)23/h5-9,12-13,28-29H,2-4,10H2,1H3,(H,24,25). The first-order valence-electron chi connectivity index (χ1n) is 9.41. The first kappa shape index (κ1) is 19.5. The second-order valence-electron chi connectivity index (χ2n) is 7.43. The second kappa shape index (κ2) is 7.22. The van der Waals surface area contributed by atoms with Gasteiger partial charge in [-0.25, -0.2) is 9.97 Å². The Balaban J connectivity index is 1.65. The molecule has 3 N–H and O–H groups in total. The van der Waals surface area contributed by atoms with E-state index in [1.807, 2.05) is 6.07 Å². The Morgan fingerprint density at radius 1 is 1.14 bits per heavy atom. The first-order chi connectivity index (χ1) is 13.7. The van der Waals surface area contributed by atoms with Gasteiger partial charge in [0.05, 0.1) is 22.7 Å². The second-order valence-corrected chi connectivity index (χ2v) is 7.43. The number of phenolic OH excluding ortho intramolecular Hbond substituents is 1. The number of aryl methyl sites for hydroxylation is 1.